The number of benzene rings is 1. The molecule has 2 aliphatic heterocycles. The number of aryl methyl sites for hydroxylation is 1. The highest BCUT2D eigenvalue weighted by Gasteiger charge is 2.33. The predicted octanol–water partition coefficient (Wildman–Crippen LogP) is 2.81. The molecule has 0 amide bonds. The van der Waals surface area contributed by atoms with E-state index in [0.717, 1.165) is 64.0 Å². The molecular weight excluding hydrogens is 376 g/mol. The lowest BCUT2D eigenvalue weighted by Crippen LogP contribution is -2.51. The second kappa shape index (κ2) is 9.12. The zero-order valence-corrected chi connectivity index (χ0v) is 18.1. The highest BCUT2D eigenvalue weighted by Crippen LogP contribution is 2.31. The Morgan fingerprint density at radius 1 is 1.00 bits per heavy atom. The Morgan fingerprint density at radius 2 is 1.77 bits per heavy atom. The lowest BCUT2D eigenvalue weighted by Gasteiger charge is -2.41. The molecule has 7 heteroatoms. The fourth-order valence-electron chi connectivity index (χ4n) is 5.42. The summed E-state index contributed by atoms with van der Waals surface area (Å²) in [5.41, 5.74) is 2.56. The summed E-state index contributed by atoms with van der Waals surface area (Å²) in [6.45, 7) is 8.13. The average molecular weight is 411 g/mol. The summed E-state index contributed by atoms with van der Waals surface area (Å²) in [5, 5.41) is 12.9. The van der Waals surface area contributed by atoms with E-state index in [2.05, 4.69) is 56.5 Å². The summed E-state index contributed by atoms with van der Waals surface area (Å²) in [4.78, 5) is 5.29. The van der Waals surface area contributed by atoms with Crippen LogP contribution in [0.3, 0.4) is 0 Å². The van der Waals surface area contributed by atoms with Crippen LogP contribution in [0.1, 0.15) is 61.5 Å². The molecule has 1 aromatic carbocycles. The van der Waals surface area contributed by atoms with E-state index >= 15 is 0 Å². The smallest absolute Gasteiger partial charge is 0.173 e. The van der Waals surface area contributed by atoms with Gasteiger partial charge in [-0.15, -0.1) is 5.10 Å². The van der Waals surface area contributed by atoms with Crippen molar-refractivity contribution in [2.75, 3.05) is 32.8 Å². The lowest BCUT2D eigenvalue weighted by molar-refractivity contribution is 0.0720. The molecule has 2 saturated heterocycles. The van der Waals surface area contributed by atoms with Gasteiger partial charge in [0.2, 0.25) is 0 Å². The SMILES string of the molecule is Cc1ccc([C@@H](c2nnnn2C[C@H]2CCCO2)N2CCN(C3CCCC3)CC2)cc1. The number of nitrogens with zero attached hydrogens (tertiary/aromatic N) is 6. The third kappa shape index (κ3) is 4.29. The van der Waals surface area contributed by atoms with Gasteiger partial charge < -0.3 is 4.74 Å². The van der Waals surface area contributed by atoms with Gasteiger partial charge >= 0.3 is 0 Å². The molecule has 2 aromatic rings. The Balaban J connectivity index is 1.38. The van der Waals surface area contributed by atoms with Crippen molar-refractivity contribution < 1.29 is 4.74 Å². The van der Waals surface area contributed by atoms with Gasteiger partial charge in [-0.1, -0.05) is 42.7 Å². The molecule has 0 spiro atoms. The Bertz CT molecular complexity index is 801. The molecule has 5 rings (SSSR count). The highest BCUT2D eigenvalue weighted by atomic mass is 16.5. The molecule has 1 aliphatic carbocycles. The van der Waals surface area contributed by atoms with Crippen molar-refractivity contribution in [1.29, 1.82) is 0 Å². The number of tetrazole rings is 1. The van der Waals surface area contributed by atoms with E-state index in [1.54, 1.807) is 0 Å². The van der Waals surface area contributed by atoms with Crippen LogP contribution in [-0.4, -0.2) is 74.9 Å². The molecule has 3 aliphatic rings. The van der Waals surface area contributed by atoms with Crippen LogP contribution in [0.15, 0.2) is 24.3 Å². The van der Waals surface area contributed by atoms with E-state index < -0.39 is 0 Å². The van der Waals surface area contributed by atoms with Gasteiger partial charge in [-0.05, 0) is 48.6 Å². The quantitative estimate of drug-likeness (QED) is 0.730. The number of ether oxygens (including phenoxy) is 1. The Labute approximate surface area is 179 Å². The highest BCUT2D eigenvalue weighted by molar-refractivity contribution is 5.28. The monoisotopic (exact) mass is 410 g/mol. The van der Waals surface area contributed by atoms with Gasteiger partial charge in [-0.3, -0.25) is 9.80 Å². The third-order valence-electron chi connectivity index (χ3n) is 7.15. The summed E-state index contributed by atoms with van der Waals surface area (Å²) in [5.74, 6) is 0.948. The predicted molar refractivity (Wildman–Crippen MR) is 115 cm³/mol. The van der Waals surface area contributed by atoms with Crippen molar-refractivity contribution in [3.05, 3.63) is 41.2 Å². The molecule has 1 saturated carbocycles. The summed E-state index contributed by atoms with van der Waals surface area (Å²) in [7, 11) is 0. The van der Waals surface area contributed by atoms with E-state index in [1.165, 1.54) is 36.8 Å². The fourth-order valence-corrected chi connectivity index (χ4v) is 5.42. The molecule has 0 unspecified atom stereocenters. The van der Waals surface area contributed by atoms with Crippen molar-refractivity contribution in [3.8, 4) is 0 Å². The minimum Gasteiger partial charge on any atom is -0.376 e. The van der Waals surface area contributed by atoms with Crippen LogP contribution in [0.5, 0.6) is 0 Å². The van der Waals surface area contributed by atoms with E-state index in [9.17, 15) is 0 Å². The molecule has 3 fully saturated rings. The Kier molecular flexibility index (Phi) is 6.11. The van der Waals surface area contributed by atoms with Crippen molar-refractivity contribution in [2.45, 2.75) is 70.2 Å². The third-order valence-corrected chi connectivity index (χ3v) is 7.15. The molecule has 0 bridgehead atoms. The minimum atomic E-state index is 0.0905. The minimum absolute atomic E-state index is 0.0905. The fraction of sp³-hybridized carbons (Fsp3) is 0.696. The molecule has 0 N–H and O–H groups in total. The Morgan fingerprint density at radius 3 is 2.47 bits per heavy atom. The molecule has 1 aromatic heterocycles. The van der Waals surface area contributed by atoms with Crippen LogP contribution in [-0.2, 0) is 11.3 Å². The number of hydrogen-bond donors (Lipinski definition) is 0. The maximum Gasteiger partial charge on any atom is 0.173 e. The molecule has 0 radical (unpaired) electrons. The normalized spacial score (nSPS) is 25.2. The van der Waals surface area contributed by atoms with Gasteiger partial charge in [0.15, 0.2) is 5.82 Å². The number of rotatable bonds is 6. The number of piperazine rings is 1. The van der Waals surface area contributed by atoms with Crippen molar-refractivity contribution >= 4 is 0 Å². The molecule has 3 heterocycles. The summed E-state index contributed by atoms with van der Waals surface area (Å²) in [6.07, 6.45) is 8.00. The maximum absolute atomic E-state index is 5.86. The van der Waals surface area contributed by atoms with Gasteiger partial charge in [0.1, 0.15) is 0 Å². The number of aromatic nitrogens is 4. The van der Waals surface area contributed by atoms with Crippen molar-refractivity contribution in [2.24, 2.45) is 0 Å². The van der Waals surface area contributed by atoms with Gasteiger partial charge in [-0.25, -0.2) is 4.68 Å². The standard InChI is InChI=1S/C23H34N6O/c1-18-8-10-19(11-9-18)22(23-24-25-26-29(23)17-21-7-4-16-30-21)28-14-12-27(13-15-28)20-5-2-3-6-20/h8-11,20-22H,2-7,12-17H2,1H3/t21-,22+/m1/s1. The van der Waals surface area contributed by atoms with Gasteiger partial charge in [0.25, 0.3) is 0 Å². The largest absolute Gasteiger partial charge is 0.376 e. The molecule has 162 valence electrons. The molecule has 30 heavy (non-hydrogen) atoms. The van der Waals surface area contributed by atoms with Crippen LogP contribution >= 0.6 is 0 Å². The van der Waals surface area contributed by atoms with Gasteiger partial charge in [0, 0.05) is 38.8 Å². The first-order chi connectivity index (χ1) is 14.8. The first-order valence-corrected chi connectivity index (χ1v) is 11.7. The van der Waals surface area contributed by atoms with Crippen LogP contribution in [0, 0.1) is 6.92 Å². The van der Waals surface area contributed by atoms with Crippen LogP contribution in [0.2, 0.25) is 0 Å². The first kappa shape index (κ1) is 20.1. The van der Waals surface area contributed by atoms with E-state index in [-0.39, 0.29) is 12.1 Å². The van der Waals surface area contributed by atoms with Crippen LogP contribution in [0.25, 0.3) is 0 Å². The second-order valence-electron chi connectivity index (χ2n) is 9.18. The molecular formula is C23H34N6O. The van der Waals surface area contributed by atoms with Crippen molar-refractivity contribution in [1.82, 2.24) is 30.0 Å². The Hall–Kier alpha value is -1.83. The topological polar surface area (TPSA) is 59.3 Å². The number of hydrogen-bond acceptors (Lipinski definition) is 6. The zero-order chi connectivity index (χ0) is 20.3. The van der Waals surface area contributed by atoms with Gasteiger partial charge in [-0.2, -0.15) is 0 Å². The van der Waals surface area contributed by atoms with Crippen LogP contribution in [0.4, 0.5) is 0 Å². The van der Waals surface area contributed by atoms with E-state index in [0.29, 0.717) is 0 Å². The van der Waals surface area contributed by atoms with Crippen molar-refractivity contribution in [3.63, 3.8) is 0 Å². The van der Waals surface area contributed by atoms with Crippen LogP contribution < -0.4 is 0 Å². The average Bonchev–Trinajstić information content (AvgIpc) is 3.54. The van der Waals surface area contributed by atoms with E-state index in [1.807, 2.05) is 4.68 Å². The summed E-state index contributed by atoms with van der Waals surface area (Å²) < 4.78 is 7.85. The zero-order valence-electron chi connectivity index (χ0n) is 18.1. The first-order valence-electron chi connectivity index (χ1n) is 11.7. The molecule has 7 nitrogen and oxygen atoms in total. The van der Waals surface area contributed by atoms with E-state index in [4.69, 9.17) is 4.74 Å². The lowest BCUT2D eigenvalue weighted by atomic mass is 10.0. The summed E-state index contributed by atoms with van der Waals surface area (Å²) >= 11 is 0. The second-order valence-corrected chi connectivity index (χ2v) is 9.18. The molecule has 2 atom stereocenters. The summed E-state index contributed by atoms with van der Waals surface area (Å²) in [6, 6.07) is 9.78. The van der Waals surface area contributed by atoms with Gasteiger partial charge in [0.05, 0.1) is 18.7 Å². The maximum atomic E-state index is 5.86.